The van der Waals surface area contributed by atoms with Gasteiger partial charge in [0.25, 0.3) is 0 Å². The number of hydrogen-bond donors (Lipinski definition) is 1. The predicted octanol–water partition coefficient (Wildman–Crippen LogP) is 3.28. The molecule has 0 unspecified atom stereocenters. The molecule has 3 nitrogen and oxygen atoms in total. The monoisotopic (exact) mass is 259 g/mol. The van der Waals surface area contributed by atoms with E-state index in [9.17, 15) is 0 Å². The number of nitrogens with zero attached hydrogens (tertiary/aromatic N) is 2. The summed E-state index contributed by atoms with van der Waals surface area (Å²) in [5.74, 6) is 0.951. The van der Waals surface area contributed by atoms with Crippen LogP contribution in [-0.4, -0.2) is 30.0 Å². The number of anilines is 1. The van der Waals surface area contributed by atoms with Gasteiger partial charge in [0, 0.05) is 19.8 Å². The number of hydrogen-bond acceptors (Lipinski definition) is 3. The van der Waals surface area contributed by atoms with Gasteiger partial charge in [-0.1, -0.05) is 18.9 Å². The molecule has 1 saturated carbocycles. The van der Waals surface area contributed by atoms with Gasteiger partial charge in [-0.3, -0.25) is 4.90 Å². The van der Waals surface area contributed by atoms with Crippen LogP contribution in [0.25, 0.3) is 0 Å². The van der Waals surface area contributed by atoms with Crippen LogP contribution in [0.2, 0.25) is 0 Å². The molecule has 0 amide bonds. The summed E-state index contributed by atoms with van der Waals surface area (Å²) >= 11 is 0. The zero-order valence-corrected chi connectivity index (χ0v) is 12.0. The van der Waals surface area contributed by atoms with Gasteiger partial charge >= 0.3 is 0 Å². The highest BCUT2D eigenvalue weighted by molar-refractivity contribution is 5.34. The summed E-state index contributed by atoms with van der Waals surface area (Å²) in [6.45, 7) is 3.61. The van der Waals surface area contributed by atoms with E-state index in [2.05, 4.69) is 27.3 Å². The lowest BCUT2D eigenvalue weighted by molar-refractivity contribution is 0.103. The van der Waals surface area contributed by atoms with Crippen LogP contribution in [0.5, 0.6) is 0 Å². The summed E-state index contributed by atoms with van der Waals surface area (Å²) < 4.78 is 0. The Bertz CT molecular complexity index is 397. The Morgan fingerprint density at radius 1 is 1.16 bits per heavy atom. The van der Waals surface area contributed by atoms with Crippen molar-refractivity contribution < 1.29 is 0 Å². The minimum atomic E-state index is 0.727. The summed E-state index contributed by atoms with van der Waals surface area (Å²) in [6.07, 6.45) is 10.7. The predicted molar refractivity (Wildman–Crippen MR) is 79.2 cm³/mol. The van der Waals surface area contributed by atoms with Gasteiger partial charge < -0.3 is 5.32 Å². The van der Waals surface area contributed by atoms with Crippen LogP contribution in [0.3, 0.4) is 0 Å². The first-order valence-electron chi connectivity index (χ1n) is 7.65. The first kappa shape index (κ1) is 12.9. The normalized spacial score (nSPS) is 22.8. The van der Waals surface area contributed by atoms with Gasteiger partial charge in [0.2, 0.25) is 0 Å². The second-order valence-electron chi connectivity index (χ2n) is 6.28. The molecule has 0 bridgehead atoms. The van der Waals surface area contributed by atoms with Crippen LogP contribution in [0.1, 0.15) is 44.1 Å². The largest absolute Gasteiger partial charge is 0.373 e. The topological polar surface area (TPSA) is 28.2 Å². The number of rotatable bonds is 3. The quantitative estimate of drug-likeness (QED) is 0.903. The maximum atomic E-state index is 4.40. The van der Waals surface area contributed by atoms with E-state index in [1.807, 2.05) is 13.2 Å². The Morgan fingerprint density at radius 3 is 2.47 bits per heavy atom. The van der Waals surface area contributed by atoms with Gasteiger partial charge in [0.05, 0.1) is 0 Å². The molecule has 1 aromatic rings. The zero-order chi connectivity index (χ0) is 13.1. The van der Waals surface area contributed by atoms with Crippen LogP contribution in [0, 0.1) is 5.41 Å². The SMILES string of the molecule is CNc1ccc(CN2CCC3(CCCC3)CC2)cn1. The first-order chi connectivity index (χ1) is 9.30. The van der Waals surface area contributed by atoms with Crippen molar-refractivity contribution in [2.75, 3.05) is 25.5 Å². The average molecular weight is 259 g/mol. The Balaban J connectivity index is 1.53. The maximum absolute atomic E-state index is 4.40. The zero-order valence-electron chi connectivity index (χ0n) is 12.0. The lowest BCUT2D eigenvalue weighted by Gasteiger charge is -2.39. The summed E-state index contributed by atoms with van der Waals surface area (Å²) in [7, 11) is 1.91. The van der Waals surface area contributed by atoms with Gasteiger partial charge in [0.15, 0.2) is 0 Å². The van der Waals surface area contributed by atoms with Crippen LogP contribution in [-0.2, 0) is 6.54 Å². The van der Waals surface area contributed by atoms with E-state index < -0.39 is 0 Å². The van der Waals surface area contributed by atoms with Crippen LogP contribution >= 0.6 is 0 Å². The molecule has 1 saturated heterocycles. The van der Waals surface area contributed by atoms with Crippen molar-refractivity contribution in [1.29, 1.82) is 0 Å². The summed E-state index contributed by atoms with van der Waals surface area (Å²) in [5.41, 5.74) is 2.06. The molecule has 1 aromatic heterocycles. The Labute approximate surface area is 116 Å². The molecule has 1 spiro atoms. The molecule has 1 N–H and O–H groups in total. The molecule has 104 valence electrons. The van der Waals surface area contributed by atoms with Crippen molar-refractivity contribution in [2.45, 2.75) is 45.1 Å². The van der Waals surface area contributed by atoms with Crippen molar-refractivity contribution in [3.8, 4) is 0 Å². The molecule has 1 aliphatic carbocycles. The third-order valence-electron chi connectivity index (χ3n) is 5.07. The lowest BCUT2D eigenvalue weighted by atomic mass is 9.77. The third-order valence-corrected chi connectivity index (χ3v) is 5.07. The highest BCUT2D eigenvalue weighted by Crippen LogP contribution is 2.46. The highest BCUT2D eigenvalue weighted by Gasteiger charge is 2.36. The molecule has 19 heavy (non-hydrogen) atoms. The third kappa shape index (κ3) is 2.92. The van der Waals surface area contributed by atoms with E-state index in [4.69, 9.17) is 0 Å². The molecule has 0 radical (unpaired) electrons. The molecule has 2 fully saturated rings. The van der Waals surface area contributed by atoms with Gasteiger partial charge in [-0.2, -0.15) is 0 Å². The van der Waals surface area contributed by atoms with Crippen LogP contribution < -0.4 is 5.32 Å². The van der Waals surface area contributed by atoms with Gasteiger partial charge in [0.1, 0.15) is 5.82 Å². The molecule has 3 heteroatoms. The van der Waals surface area contributed by atoms with Crippen LogP contribution in [0.4, 0.5) is 5.82 Å². The van der Waals surface area contributed by atoms with Crippen molar-refractivity contribution >= 4 is 5.82 Å². The lowest BCUT2D eigenvalue weighted by Crippen LogP contribution is -2.38. The molecule has 3 rings (SSSR count). The van der Waals surface area contributed by atoms with Crippen molar-refractivity contribution in [1.82, 2.24) is 9.88 Å². The standard InChI is InChI=1S/C16H25N3/c1-17-15-5-4-14(12-18-15)13-19-10-8-16(9-11-19)6-2-3-7-16/h4-5,12H,2-3,6-11,13H2,1H3,(H,17,18). The molecule has 0 aromatic carbocycles. The fraction of sp³-hybridized carbons (Fsp3) is 0.688. The molecule has 1 aliphatic heterocycles. The minimum absolute atomic E-state index is 0.727. The average Bonchev–Trinajstić information content (AvgIpc) is 2.91. The van der Waals surface area contributed by atoms with Crippen LogP contribution in [0.15, 0.2) is 18.3 Å². The fourth-order valence-corrected chi connectivity index (χ4v) is 3.73. The highest BCUT2D eigenvalue weighted by atomic mass is 15.1. The fourth-order valence-electron chi connectivity index (χ4n) is 3.73. The van der Waals surface area contributed by atoms with E-state index in [1.54, 1.807) is 0 Å². The molecular weight excluding hydrogens is 234 g/mol. The van der Waals surface area contributed by atoms with Crippen molar-refractivity contribution in [3.05, 3.63) is 23.9 Å². The van der Waals surface area contributed by atoms with Gasteiger partial charge in [-0.25, -0.2) is 4.98 Å². The molecular formula is C16H25N3. The second kappa shape index (κ2) is 5.49. The Kier molecular flexibility index (Phi) is 3.74. The second-order valence-corrected chi connectivity index (χ2v) is 6.28. The summed E-state index contributed by atoms with van der Waals surface area (Å²) in [6, 6.07) is 4.26. The van der Waals surface area contributed by atoms with E-state index in [-0.39, 0.29) is 0 Å². The minimum Gasteiger partial charge on any atom is -0.373 e. The molecule has 0 atom stereocenters. The van der Waals surface area contributed by atoms with Crippen molar-refractivity contribution in [3.63, 3.8) is 0 Å². The molecule has 2 heterocycles. The van der Waals surface area contributed by atoms with Crippen molar-refractivity contribution in [2.24, 2.45) is 5.41 Å². The van der Waals surface area contributed by atoms with Gasteiger partial charge in [-0.05, 0) is 55.8 Å². The summed E-state index contributed by atoms with van der Waals surface area (Å²) in [4.78, 5) is 6.99. The summed E-state index contributed by atoms with van der Waals surface area (Å²) in [5, 5.41) is 3.07. The number of likely N-dealkylation sites (tertiary alicyclic amines) is 1. The van der Waals surface area contributed by atoms with E-state index in [0.29, 0.717) is 0 Å². The maximum Gasteiger partial charge on any atom is 0.125 e. The number of aromatic nitrogens is 1. The van der Waals surface area contributed by atoms with Gasteiger partial charge in [-0.15, -0.1) is 0 Å². The molecule has 2 aliphatic rings. The number of pyridine rings is 1. The van der Waals surface area contributed by atoms with E-state index in [1.165, 1.54) is 57.2 Å². The number of nitrogens with one attached hydrogen (secondary N) is 1. The Morgan fingerprint density at radius 2 is 1.89 bits per heavy atom. The van der Waals surface area contributed by atoms with E-state index >= 15 is 0 Å². The smallest absolute Gasteiger partial charge is 0.125 e. The number of piperidine rings is 1. The Hall–Kier alpha value is -1.09. The van der Waals surface area contributed by atoms with E-state index in [0.717, 1.165) is 17.8 Å². The first-order valence-corrected chi connectivity index (χ1v) is 7.65.